The number of amides is 1. The number of ketones is 1. The van der Waals surface area contributed by atoms with E-state index < -0.39 is 11.2 Å². The summed E-state index contributed by atoms with van der Waals surface area (Å²) in [4.78, 5) is 62.4. The van der Waals surface area contributed by atoms with Gasteiger partial charge in [-0.25, -0.2) is 4.79 Å². The number of hydrogen-bond donors (Lipinski definition) is 1. The van der Waals surface area contributed by atoms with Crippen molar-refractivity contribution < 1.29 is 9.59 Å². The van der Waals surface area contributed by atoms with E-state index in [0.29, 0.717) is 30.5 Å². The fourth-order valence-electron chi connectivity index (χ4n) is 6.20. The molecule has 1 amide bonds. The van der Waals surface area contributed by atoms with Crippen LogP contribution < -0.4 is 21.5 Å². The van der Waals surface area contributed by atoms with Crippen LogP contribution in [0.25, 0.3) is 11.2 Å². The molecular weight excluding hydrogens is 522 g/mol. The molecule has 3 saturated heterocycles. The molecule has 0 radical (unpaired) electrons. The van der Waals surface area contributed by atoms with Gasteiger partial charge >= 0.3 is 5.69 Å². The molecule has 3 fully saturated rings. The van der Waals surface area contributed by atoms with Crippen molar-refractivity contribution >= 4 is 41.2 Å². The van der Waals surface area contributed by atoms with Crippen molar-refractivity contribution in [1.82, 2.24) is 28.9 Å². The van der Waals surface area contributed by atoms with Crippen LogP contribution in [-0.2, 0) is 24.9 Å². The molecule has 39 heavy (non-hydrogen) atoms. The molecule has 0 saturated carbocycles. The number of rotatable bonds is 6. The number of Topliss-reactive ketones (excluding diaryl/α,β-unsaturated/α-hetero) is 1. The fourth-order valence-corrected chi connectivity index (χ4v) is 6.20. The number of halogens is 1. The standard InChI is InChI=1S/C27H33N7O4.ClH/c1-30-24-23(25(37)34(27(30)38)16-21(35)18-8-4-2-5-9-18)33(17-22(36)31-11-6-3-7-12-31)26(29-24)32-13-10-19-14-28-15-20(19)32;/h2,4-5,8-9,19-20,28H,3,6-7,10-17H2,1H3;1H. The molecule has 2 aromatic heterocycles. The number of fused-ring (bicyclic) bond motifs is 2. The summed E-state index contributed by atoms with van der Waals surface area (Å²) in [7, 11) is 1.56. The van der Waals surface area contributed by atoms with Crippen LogP contribution in [-0.4, -0.2) is 74.0 Å². The van der Waals surface area contributed by atoms with Crippen molar-refractivity contribution in [3.05, 3.63) is 56.7 Å². The predicted molar refractivity (Wildman–Crippen MR) is 150 cm³/mol. The molecule has 3 aromatic rings. The quantitative estimate of drug-likeness (QED) is 0.452. The number of imidazole rings is 1. The monoisotopic (exact) mass is 555 g/mol. The minimum atomic E-state index is -0.604. The van der Waals surface area contributed by atoms with Gasteiger partial charge in [0.15, 0.2) is 16.9 Å². The van der Waals surface area contributed by atoms with Gasteiger partial charge in [0.1, 0.15) is 6.54 Å². The molecule has 6 rings (SSSR count). The van der Waals surface area contributed by atoms with E-state index in [1.165, 1.54) is 4.57 Å². The lowest BCUT2D eigenvalue weighted by atomic mass is 10.1. The fraction of sp³-hybridized carbons (Fsp3) is 0.519. The lowest BCUT2D eigenvalue weighted by Crippen LogP contribution is -2.42. The van der Waals surface area contributed by atoms with Crippen LogP contribution >= 0.6 is 12.4 Å². The van der Waals surface area contributed by atoms with E-state index in [2.05, 4.69) is 10.2 Å². The molecule has 11 nitrogen and oxygen atoms in total. The molecule has 2 unspecified atom stereocenters. The Kier molecular flexibility index (Phi) is 7.64. The van der Waals surface area contributed by atoms with Crippen LogP contribution in [0.3, 0.4) is 0 Å². The van der Waals surface area contributed by atoms with Gasteiger partial charge in [-0.15, -0.1) is 12.4 Å². The number of hydrogen-bond acceptors (Lipinski definition) is 7. The van der Waals surface area contributed by atoms with Gasteiger partial charge in [0, 0.05) is 51.4 Å². The lowest BCUT2D eigenvalue weighted by Gasteiger charge is -2.29. The van der Waals surface area contributed by atoms with E-state index in [-0.39, 0.29) is 54.4 Å². The second-order valence-electron chi connectivity index (χ2n) is 10.6. The maximum Gasteiger partial charge on any atom is 0.332 e. The van der Waals surface area contributed by atoms with Gasteiger partial charge < -0.3 is 15.1 Å². The molecule has 12 heteroatoms. The van der Waals surface area contributed by atoms with Gasteiger partial charge in [0.25, 0.3) is 5.56 Å². The lowest BCUT2D eigenvalue weighted by molar-refractivity contribution is -0.132. The average molecular weight is 556 g/mol. The van der Waals surface area contributed by atoms with Crippen molar-refractivity contribution in [3.63, 3.8) is 0 Å². The number of likely N-dealkylation sites (tertiary alicyclic amines) is 1. The smallest absolute Gasteiger partial charge is 0.332 e. The van der Waals surface area contributed by atoms with E-state index in [4.69, 9.17) is 4.98 Å². The van der Waals surface area contributed by atoms with Gasteiger partial charge in [-0.05, 0) is 31.6 Å². The third-order valence-corrected chi connectivity index (χ3v) is 8.31. The summed E-state index contributed by atoms with van der Waals surface area (Å²) < 4.78 is 3.98. The van der Waals surface area contributed by atoms with Crippen molar-refractivity contribution in [3.8, 4) is 0 Å². The summed E-state index contributed by atoms with van der Waals surface area (Å²) in [5, 5.41) is 3.44. The van der Waals surface area contributed by atoms with E-state index in [1.807, 2.05) is 4.90 Å². The summed E-state index contributed by atoms with van der Waals surface area (Å²) in [6.07, 6.45) is 4.03. The first-order chi connectivity index (χ1) is 18.4. The van der Waals surface area contributed by atoms with Gasteiger partial charge in [0.05, 0.1) is 6.54 Å². The Morgan fingerprint density at radius 3 is 2.46 bits per heavy atom. The Morgan fingerprint density at radius 1 is 0.974 bits per heavy atom. The first-order valence-electron chi connectivity index (χ1n) is 13.5. The van der Waals surface area contributed by atoms with Crippen molar-refractivity contribution in [1.29, 1.82) is 0 Å². The average Bonchev–Trinajstić information content (AvgIpc) is 3.66. The second kappa shape index (κ2) is 11.0. The van der Waals surface area contributed by atoms with Gasteiger partial charge in [-0.2, -0.15) is 4.98 Å². The number of aromatic nitrogens is 4. The van der Waals surface area contributed by atoms with E-state index in [0.717, 1.165) is 49.9 Å². The van der Waals surface area contributed by atoms with Crippen LogP contribution in [0.5, 0.6) is 0 Å². The van der Waals surface area contributed by atoms with Crippen LogP contribution in [0.15, 0.2) is 39.9 Å². The van der Waals surface area contributed by atoms with E-state index in [9.17, 15) is 19.2 Å². The molecule has 3 aliphatic rings. The zero-order valence-electron chi connectivity index (χ0n) is 22.0. The highest BCUT2D eigenvalue weighted by atomic mass is 35.5. The Hall–Kier alpha value is -3.44. The van der Waals surface area contributed by atoms with Crippen LogP contribution in [0.4, 0.5) is 5.95 Å². The van der Waals surface area contributed by atoms with Crippen LogP contribution in [0.2, 0.25) is 0 Å². The molecule has 208 valence electrons. The maximum atomic E-state index is 13.9. The van der Waals surface area contributed by atoms with Crippen molar-refractivity contribution in [2.45, 2.75) is 44.8 Å². The third kappa shape index (κ3) is 4.78. The Bertz CT molecular complexity index is 1510. The van der Waals surface area contributed by atoms with Crippen LogP contribution in [0, 0.1) is 5.92 Å². The number of carbonyl (C=O) groups is 2. The minimum absolute atomic E-state index is 0. The minimum Gasteiger partial charge on any atom is -0.341 e. The summed E-state index contributed by atoms with van der Waals surface area (Å²) in [6, 6.07) is 8.83. The highest BCUT2D eigenvalue weighted by molar-refractivity contribution is 5.96. The largest absolute Gasteiger partial charge is 0.341 e. The molecule has 1 N–H and O–H groups in total. The molecule has 0 aliphatic carbocycles. The summed E-state index contributed by atoms with van der Waals surface area (Å²) in [6.45, 7) is 3.50. The summed E-state index contributed by atoms with van der Waals surface area (Å²) in [5.41, 5.74) is -0.361. The number of piperidine rings is 1. The van der Waals surface area contributed by atoms with E-state index >= 15 is 0 Å². The second-order valence-corrected chi connectivity index (χ2v) is 10.6. The summed E-state index contributed by atoms with van der Waals surface area (Å²) >= 11 is 0. The van der Waals surface area contributed by atoms with Gasteiger partial charge in [-0.3, -0.25) is 28.1 Å². The Balaban J connectivity index is 0.00000308. The SMILES string of the molecule is Cl.Cn1c(=O)n(CC(=O)c2ccccc2)c(=O)c2c1nc(N1CCC3CNCC31)n2CC(=O)N1CCCCC1. The molecule has 2 atom stereocenters. The first kappa shape index (κ1) is 27.1. The highest BCUT2D eigenvalue weighted by Gasteiger charge is 2.40. The number of nitrogens with one attached hydrogen (secondary N) is 1. The number of anilines is 1. The van der Waals surface area contributed by atoms with Gasteiger partial charge in [0.2, 0.25) is 11.9 Å². The third-order valence-electron chi connectivity index (χ3n) is 8.31. The first-order valence-corrected chi connectivity index (χ1v) is 13.5. The number of benzene rings is 1. The molecule has 3 aliphatic heterocycles. The zero-order chi connectivity index (χ0) is 26.4. The molecule has 5 heterocycles. The van der Waals surface area contributed by atoms with Crippen molar-refractivity contribution in [2.75, 3.05) is 37.6 Å². The highest BCUT2D eigenvalue weighted by Crippen LogP contribution is 2.33. The number of carbonyl (C=O) groups excluding carboxylic acids is 2. The van der Waals surface area contributed by atoms with Crippen LogP contribution in [0.1, 0.15) is 36.0 Å². The van der Waals surface area contributed by atoms with Gasteiger partial charge in [-0.1, -0.05) is 30.3 Å². The molecule has 0 bridgehead atoms. The normalized spacial score (nSPS) is 20.7. The number of aryl methyl sites for hydroxylation is 1. The number of nitrogens with zero attached hydrogens (tertiary/aromatic N) is 6. The predicted octanol–water partition coefficient (Wildman–Crippen LogP) is 1.01. The Labute approximate surface area is 231 Å². The maximum absolute atomic E-state index is 13.9. The summed E-state index contributed by atoms with van der Waals surface area (Å²) in [5.74, 6) is 0.621. The van der Waals surface area contributed by atoms with Crippen molar-refractivity contribution in [2.24, 2.45) is 13.0 Å². The molecule has 1 aromatic carbocycles. The topological polar surface area (TPSA) is 114 Å². The molecular formula is C27H34ClN7O4. The molecule has 0 spiro atoms. The zero-order valence-corrected chi connectivity index (χ0v) is 22.9. The van der Waals surface area contributed by atoms with E-state index in [1.54, 1.807) is 41.9 Å². The Morgan fingerprint density at radius 2 is 1.72 bits per heavy atom.